The maximum absolute atomic E-state index is 10.1. The Hall–Kier alpha value is -1.87. The third-order valence-electron chi connectivity index (χ3n) is 7.37. The number of aromatic nitrogens is 1. The first kappa shape index (κ1) is 16.3. The molecule has 2 bridgehead atoms. The summed E-state index contributed by atoms with van der Waals surface area (Å²) >= 11 is 0. The average Bonchev–Trinajstić information content (AvgIpc) is 2.69. The number of phenolic OH excluding ortho intramolecular Hbond substituents is 1. The van der Waals surface area contributed by atoms with Crippen LogP contribution in [-0.2, 0) is 18.3 Å². The Kier molecular flexibility index (Phi) is 4.00. The lowest BCUT2D eigenvalue weighted by atomic mass is 9.52. The van der Waals surface area contributed by atoms with Crippen LogP contribution in [0.1, 0.15) is 48.8 Å². The average molecular weight is 348 g/mol. The number of hydrogen-bond donors (Lipinski definition) is 1. The molecule has 0 unspecified atom stereocenters. The SMILES string of the molecule is Oc1ccc2c(c1)[C@@]13CCCC[C@H]1[C@@H](C2)N(CCc1ccncc1)CC3. The number of rotatable bonds is 3. The minimum Gasteiger partial charge on any atom is -0.508 e. The van der Waals surface area contributed by atoms with E-state index in [1.165, 1.54) is 55.3 Å². The molecular weight excluding hydrogens is 320 g/mol. The Bertz CT molecular complexity index is 790. The van der Waals surface area contributed by atoms with Gasteiger partial charge in [0.1, 0.15) is 5.75 Å². The van der Waals surface area contributed by atoms with Crippen LogP contribution in [-0.4, -0.2) is 34.1 Å². The van der Waals surface area contributed by atoms with Crippen LogP contribution in [0, 0.1) is 5.92 Å². The molecule has 5 rings (SSSR count). The first-order chi connectivity index (χ1) is 12.8. The number of pyridine rings is 1. The zero-order valence-corrected chi connectivity index (χ0v) is 15.4. The van der Waals surface area contributed by atoms with E-state index in [1.807, 2.05) is 18.5 Å². The van der Waals surface area contributed by atoms with Crippen LogP contribution in [0.3, 0.4) is 0 Å². The number of piperidine rings is 1. The monoisotopic (exact) mass is 348 g/mol. The van der Waals surface area contributed by atoms with Gasteiger partial charge in [0.25, 0.3) is 0 Å². The summed E-state index contributed by atoms with van der Waals surface area (Å²) in [5.74, 6) is 1.21. The fourth-order valence-corrected chi connectivity index (χ4v) is 6.17. The van der Waals surface area contributed by atoms with Crippen LogP contribution in [0.5, 0.6) is 5.75 Å². The Morgan fingerprint density at radius 2 is 2.00 bits per heavy atom. The fourth-order valence-electron chi connectivity index (χ4n) is 6.17. The fraction of sp³-hybridized carbons (Fsp3) is 0.522. The second-order valence-corrected chi connectivity index (χ2v) is 8.51. The Labute approximate surface area is 156 Å². The van der Waals surface area contributed by atoms with Crippen molar-refractivity contribution in [3.63, 3.8) is 0 Å². The third kappa shape index (κ3) is 2.56. The zero-order chi connectivity index (χ0) is 17.6. The molecular formula is C23H28N2O. The van der Waals surface area contributed by atoms with Crippen molar-refractivity contribution in [2.75, 3.05) is 13.1 Å². The van der Waals surface area contributed by atoms with Crippen molar-refractivity contribution in [1.82, 2.24) is 9.88 Å². The van der Waals surface area contributed by atoms with Crippen molar-refractivity contribution in [2.24, 2.45) is 5.92 Å². The normalized spacial score (nSPS) is 30.5. The van der Waals surface area contributed by atoms with Crippen LogP contribution >= 0.6 is 0 Å². The van der Waals surface area contributed by atoms with E-state index in [2.05, 4.69) is 34.1 Å². The molecule has 1 aliphatic heterocycles. The maximum atomic E-state index is 10.1. The topological polar surface area (TPSA) is 36.4 Å². The lowest BCUT2D eigenvalue weighted by molar-refractivity contribution is -0.0106. The van der Waals surface area contributed by atoms with E-state index in [9.17, 15) is 5.11 Å². The highest BCUT2D eigenvalue weighted by Crippen LogP contribution is 2.56. The zero-order valence-electron chi connectivity index (χ0n) is 15.4. The van der Waals surface area contributed by atoms with Crippen LogP contribution < -0.4 is 0 Å². The predicted molar refractivity (Wildman–Crippen MR) is 103 cm³/mol. The van der Waals surface area contributed by atoms with Gasteiger partial charge >= 0.3 is 0 Å². The minimum absolute atomic E-state index is 0.322. The summed E-state index contributed by atoms with van der Waals surface area (Å²) in [6.07, 6.45) is 12.7. The van der Waals surface area contributed by atoms with E-state index in [-0.39, 0.29) is 0 Å². The molecule has 3 atom stereocenters. The molecule has 0 spiro atoms. The lowest BCUT2D eigenvalue weighted by Crippen LogP contribution is -2.61. The van der Waals surface area contributed by atoms with E-state index >= 15 is 0 Å². The number of aromatic hydroxyl groups is 1. The molecule has 136 valence electrons. The summed E-state index contributed by atoms with van der Waals surface area (Å²) in [5.41, 5.74) is 4.68. The number of phenols is 1. The molecule has 3 nitrogen and oxygen atoms in total. The van der Waals surface area contributed by atoms with Gasteiger partial charge in [0.15, 0.2) is 0 Å². The molecule has 26 heavy (non-hydrogen) atoms. The molecule has 1 aromatic heterocycles. The molecule has 3 aliphatic rings. The molecule has 2 fully saturated rings. The van der Waals surface area contributed by atoms with Crippen molar-refractivity contribution in [1.29, 1.82) is 0 Å². The summed E-state index contributed by atoms with van der Waals surface area (Å²) in [4.78, 5) is 6.91. The van der Waals surface area contributed by atoms with Gasteiger partial charge in [-0.1, -0.05) is 18.9 Å². The van der Waals surface area contributed by atoms with Gasteiger partial charge in [-0.2, -0.15) is 0 Å². The number of nitrogens with zero attached hydrogens (tertiary/aromatic N) is 2. The van der Waals surface area contributed by atoms with Crippen LogP contribution in [0.2, 0.25) is 0 Å². The molecule has 0 amide bonds. The van der Waals surface area contributed by atoms with Gasteiger partial charge in [-0.3, -0.25) is 9.88 Å². The summed E-state index contributed by atoms with van der Waals surface area (Å²) in [6.45, 7) is 2.34. The minimum atomic E-state index is 0.322. The highest BCUT2D eigenvalue weighted by molar-refractivity contribution is 5.45. The van der Waals surface area contributed by atoms with Crippen molar-refractivity contribution >= 4 is 0 Å². The van der Waals surface area contributed by atoms with Gasteiger partial charge in [0.05, 0.1) is 0 Å². The molecule has 0 radical (unpaired) electrons. The number of benzene rings is 1. The largest absolute Gasteiger partial charge is 0.508 e. The molecule has 3 heteroatoms. The van der Waals surface area contributed by atoms with E-state index in [0.717, 1.165) is 25.3 Å². The summed E-state index contributed by atoms with van der Waals surface area (Å²) in [7, 11) is 0. The summed E-state index contributed by atoms with van der Waals surface area (Å²) in [5, 5.41) is 10.1. The summed E-state index contributed by atoms with van der Waals surface area (Å²) in [6, 6.07) is 11.1. The molecule has 1 saturated carbocycles. The second kappa shape index (κ2) is 6.38. The highest BCUT2D eigenvalue weighted by Gasteiger charge is 2.53. The molecule has 2 aliphatic carbocycles. The maximum Gasteiger partial charge on any atom is 0.115 e. The molecule has 1 saturated heterocycles. The van der Waals surface area contributed by atoms with Crippen molar-refractivity contribution in [3.05, 3.63) is 59.4 Å². The molecule has 1 N–H and O–H groups in total. The van der Waals surface area contributed by atoms with Gasteiger partial charge < -0.3 is 5.11 Å². The number of fused-ring (bicyclic) bond motifs is 1. The Morgan fingerprint density at radius 1 is 1.12 bits per heavy atom. The van der Waals surface area contributed by atoms with E-state index in [4.69, 9.17) is 0 Å². The van der Waals surface area contributed by atoms with E-state index in [0.29, 0.717) is 17.2 Å². The third-order valence-corrected chi connectivity index (χ3v) is 7.37. The predicted octanol–water partition coefficient (Wildman–Crippen LogP) is 4.09. The molecule has 2 heterocycles. The van der Waals surface area contributed by atoms with Crippen molar-refractivity contribution in [2.45, 2.75) is 56.4 Å². The van der Waals surface area contributed by atoms with Crippen LogP contribution in [0.4, 0.5) is 0 Å². The van der Waals surface area contributed by atoms with Crippen molar-refractivity contribution < 1.29 is 5.11 Å². The Balaban J connectivity index is 1.45. The van der Waals surface area contributed by atoms with Crippen LogP contribution in [0.15, 0.2) is 42.7 Å². The van der Waals surface area contributed by atoms with Crippen molar-refractivity contribution in [3.8, 4) is 5.75 Å². The highest BCUT2D eigenvalue weighted by atomic mass is 16.3. The quantitative estimate of drug-likeness (QED) is 0.908. The second-order valence-electron chi connectivity index (χ2n) is 8.51. The lowest BCUT2D eigenvalue weighted by Gasteiger charge is -2.59. The smallest absolute Gasteiger partial charge is 0.115 e. The van der Waals surface area contributed by atoms with Crippen LogP contribution in [0.25, 0.3) is 0 Å². The van der Waals surface area contributed by atoms with Gasteiger partial charge in [0, 0.05) is 30.4 Å². The Morgan fingerprint density at radius 3 is 2.88 bits per heavy atom. The first-order valence-corrected chi connectivity index (χ1v) is 10.2. The van der Waals surface area contributed by atoms with E-state index in [1.54, 1.807) is 0 Å². The molecule has 2 aromatic rings. The number of hydrogen-bond acceptors (Lipinski definition) is 3. The first-order valence-electron chi connectivity index (χ1n) is 10.2. The molecule has 1 aromatic carbocycles. The number of likely N-dealkylation sites (tertiary alicyclic amines) is 1. The standard InChI is InChI=1S/C23H28N2O/c26-19-5-4-18-15-22-20-3-1-2-9-23(20,21(18)16-19)10-14-25(22)13-8-17-6-11-24-12-7-17/h4-7,11-12,16,20,22,26H,1-3,8-10,13-15H2/t20-,22+,23+/m0/s1. The van der Waals surface area contributed by atoms with Gasteiger partial charge in [-0.25, -0.2) is 0 Å². The summed E-state index contributed by atoms with van der Waals surface area (Å²) < 4.78 is 0. The van der Waals surface area contributed by atoms with Gasteiger partial charge in [-0.05, 0) is 85.5 Å². The van der Waals surface area contributed by atoms with Gasteiger partial charge in [-0.15, -0.1) is 0 Å². The van der Waals surface area contributed by atoms with Gasteiger partial charge in [0.2, 0.25) is 0 Å². The van der Waals surface area contributed by atoms with E-state index < -0.39 is 0 Å².